The number of carbonyl (C=O) groups excluding carboxylic acids is 3. The van der Waals surface area contributed by atoms with E-state index in [0.717, 1.165) is 0 Å². The highest BCUT2D eigenvalue weighted by Crippen LogP contribution is 2.19. The maximum absolute atomic E-state index is 11.9. The molecular weight excluding hydrogens is 353 g/mol. The third-order valence-corrected chi connectivity index (χ3v) is 3.44. The molecule has 0 spiro atoms. The quantitative estimate of drug-likeness (QED) is 0.642. The van der Waals surface area contributed by atoms with Gasteiger partial charge < -0.3 is 10.1 Å². The fourth-order valence-electron chi connectivity index (χ4n) is 1.87. The molecule has 0 heterocycles. The Bertz CT molecular complexity index is 767. The van der Waals surface area contributed by atoms with E-state index in [-0.39, 0.29) is 11.3 Å². The van der Waals surface area contributed by atoms with E-state index in [1.807, 2.05) is 0 Å². The summed E-state index contributed by atoms with van der Waals surface area (Å²) >= 11 is 11.6. The van der Waals surface area contributed by atoms with E-state index >= 15 is 0 Å². The van der Waals surface area contributed by atoms with Gasteiger partial charge >= 0.3 is 5.97 Å². The van der Waals surface area contributed by atoms with Crippen molar-refractivity contribution >= 4 is 46.5 Å². The number of halogens is 2. The van der Waals surface area contributed by atoms with Gasteiger partial charge in [-0.05, 0) is 49.4 Å². The Morgan fingerprint density at radius 3 is 2.08 bits per heavy atom. The number of esters is 1. The second-order valence-corrected chi connectivity index (χ2v) is 5.79. The molecule has 7 heteroatoms. The number of carbonyl (C=O) groups is 3. The number of rotatable bonds is 5. The topological polar surface area (TPSA) is 72.5 Å². The Morgan fingerprint density at radius 2 is 1.54 bits per heavy atom. The summed E-state index contributed by atoms with van der Waals surface area (Å²) < 4.78 is 4.91. The Morgan fingerprint density at radius 1 is 0.958 bits per heavy atom. The summed E-state index contributed by atoms with van der Waals surface area (Å²) in [6, 6.07) is 10.6. The monoisotopic (exact) mass is 365 g/mol. The Kier molecular flexibility index (Phi) is 5.95. The summed E-state index contributed by atoms with van der Waals surface area (Å²) in [6.07, 6.45) is 0. The van der Waals surface area contributed by atoms with Crippen molar-refractivity contribution < 1.29 is 19.1 Å². The van der Waals surface area contributed by atoms with Gasteiger partial charge in [-0.3, -0.25) is 9.59 Å². The fourth-order valence-corrected chi connectivity index (χ4v) is 2.40. The summed E-state index contributed by atoms with van der Waals surface area (Å²) in [7, 11) is 0. The van der Waals surface area contributed by atoms with Gasteiger partial charge in [0.1, 0.15) is 0 Å². The van der Waals surface area contributed by atoms with Gasteiger partial charge in [-0.2, -0.15) is 0 Å². The van der Waals surface area contributed by atoms with Gasteiger partial charge in [-0.25, -0.2) is 4.79 Å². The molecule has 2 aromatic carbocycles. The van der Waals surface area contributed by atoms with E-state index in [1.54, 1.807) is 24.3 Å². The van der Waals surface area contributed by atoms with Crippen LogP contribution in [0, 0.1) is 0 Å². The summed E-state index contributed by atoms with van der Waals surface area (Å²) in [5.41, 5.74) is 1.19. The van der Waals surface area contributed by atoms with Crippen molar-refractivity contribution in [1.82, 2.24) is 0 Å². The van der Waals surface area contributed by atoms with E-state index in [9.17, 15) is 14.4 Å². The molecule has 0 aliphatic carbocycles. The number of ether oxygens (including phenoxy) is 1. The zero-order chi connectivity index (χ0) is 17.7. The van der Waals surface area contributed by atoms with Crippen molar-refractivity contribution in [3.05, 3.63) is 63.6 Å². The summed E-state index contributed by atoms with van der Waals surface area (Å²) in [5, 5.41) is 3.15. The zero-order valence-corrected chi connectivity index (χ0v) is 14.1. The molecule has 0 unspecified atom stereocenters. The molecular formula is C17H13Cl2NO4. The van der Waals surface area contributed by atoms with Gasteiger partial charge in [0, 0.05) is 21.3 Å². The molecule has 0 radical (unpaired) electrons. The number of hydrogen-bond acceptors (Lipinski definition) is 4. The number of anilines is 1. The van der Waals surface area contributed by atoms with Crippen molar-refractivity contribution in [1.29, 1.82) is 0 Å². The molecule has 1 amide bonds. The summed E-state index contributed by atoms with van der Waals surface area (Å²) in [6.45, 7) is 0.993. The van der Waals surface area contributed by atoms with Crippen LogP contribution in [0.5, 0.6) is 0 Å². The first-order valence-electron chi connectivity index (χ1n) is 6.89. The van der Waals surface area contributed by atoms with Crippen LogP contribution in [-0.4, -0.2) is 24.3 Å². The predicted octanol–water partition coefficient (Wildman–Crippen LogP) is 3.99. The molecule has 0 bridgehead atoms. The van der Waals surface area contributed by atoms with E-state index in [0.29, 0.717) is 21.3 Å². The van der Waals surface area contributed by atoms with Crippen molar-refractivity contribution in [2.24, 2.45) is 0 Å². The van der Waals surface area contributed by atoms with Crippen molar-refractivity contribution in [2.75, 3.05) is 11.9 Å². The average Bonchev–Trinajstić information content (AvgIpc) is 2.52. The molecule has 5 nitrogen and oxygen atoms in total. The van der Waals surface area contributed by atoms with Crippen LogP contribution in [0.15, 0.2) is 42.5 Å². The summed E-state index contributed by atoms with van der Waals surface area (Å²) in [5.74, 6) is -1.28. The van der Waals surface area contributed by atoms with Crippen LogP contribution >= 0.6 is 23.2 Å². The SMILES string of the molecule is CC(=O)c1ccc(NC(=O)COC(=O)c2cc(Cl)cc(Cl)c2)cc1. The van der Waals surface area contributed by atoms with Crippen LogP contribution < -0.4 is 5.32 Å². The predicted molar refractivity (Wildman–Crippen MR) is 91.8 cm³/mol. The molecule has 24 heavy (non-hydrogen) atoms. The van der Waals surface area contributed by atoms with Crippen LogP contribution in [0.3, 0.4) is 0 Å². The third kappa shape index (κ3) is 5.08. The number of nitrogens with one attached hydrogen (secondary N) is 1. The molecule has 124 valence electrons. The van der Waals surface area contributed by atoms with Crippen molar-refractivity contribution in [3.8, 4) is 0 Å². The molecule has 0 fully saturated rings. The minimum Gasteiger partial charge on any atom is -0.452 e. The third-order valence-electron chi connectivity index (χ3n) is 3.01. The molecule has 0 aromatic heterocycles. The zero-order valence-electron chi connectivity index (χ0n) is 12.6. The van der Waals surface area contributed by atoms with Crippen LogP contribution in [0.2, 0.25) is 10.0 Å². The average molecular weight is 366 g/mol. The first-order chi connectivity index (χ1) is 11.3. The molecule has 0 aliphatic rings. The van der Waals surface area contributed by atoms with Crippen molar-refractivity contribution in [2.45, 2.75) is 6.92 Å². The number of hydrogen-bond donors (Lipinski definition) is 1. The summed E-state index contributed by atoms with van der Waals surface area (Å²) in [4.78, 5) is 34.8. The molecule has 2 rings (SSSR count). The highest BCUT2D eigenvalue weighted by Gasteiger charge is 2.12. The van der Waals surface area contributed by atoms with Gasteiger partial charge in [0.25, 0.3) is 5.91 Å². The number of amides is 1. The Hall–Kier alpha value is -2.37. The number of ketones is 1. The molecule has 0 aliphatic heterocycles. The lowest BCUT2D eigenvalue weighted by atomic mass is 10.1. The number of benzene rings is 2. The fraction of sp³-hybridized carbons (Fsp3) is 0.118. The smallest absolute Gasteiger partial charge is 0.338 e. The highest BCUT2D eigenvalue weighted by molar-refractivity contribution is 6.35. The van der Waals surface area contributed by atoms with E-state index in [4.69, 9.17) is 27.9 Å². The normalized spacial score (nSPS) is 10.1. The Balaban J connectivity index is 1.90. The number of Topliss-reactive ketones (excluding diaryl/α,β-unsaturated/α-hetero) is 1. The first-order valence-corrected chi connectivity index (χ1v) is 7.65. The molecule has 0 saturated heterocycles. The molecule has 1 N–H and O–H groups in total. The van der Waals surface area contributed by atoms with Gasteiger partial charge in [0.2, 0.25) is 0 Å². The standard InChI is InChI=1S/C17H13Cl2NO4/c1-10(21)11-2-4-15(5-3-11)20-16(22)9-24-17(23)12-6-13(18)8-14(19)7-12/h2-8H,9H2,1H3,(H,20,22). The maximum Gasteiger partial charge on any atom is 0.338 e. The van der Waals surface area contributed by atoms with E-state index in [1.165, 1.54) is 25.1 Å². The highest BCUT2D eigenvalue weighted by atomic mass is 35.5. The largest absolute Gasteiger partial charge is 0.452 e. The minimum absolute atomic E-state index is 0.0676. The lowest BCUT2D eigenvalue weighted by molar-refractivity contribution is -0.119. The van der Waals surface area contributed by atoms with E-state index in [2.05, 4.69) is 5.32 Å². The second-order valence-electron chi connectivity index (χ2n) is 4.92. The second kappa shape index (κ2) is 7.95. The lowest BCUT2D eigenvalue weighted by Crippen LogP contribution is -2.21. The van der Waals surface area contributed by atoms with Gasteiger partial charge in [-0.1, -0.05) is 23.2 Å². The first kappa shape index (κ1) is 18.0. The van der Waals surface area contributed by atoms with E-state index < -0.39 is 18.5 Å². The molecule has 2 aromatic rings. The van der Waals surface area contributed by atoms with Crippen molar-refractivity contribution in [3.63, 3.8) is 0 Å². The maximum atomic E-state index is 11.9. The lowest BCUT2D eigenvalue weighted by Gasteiger charge is -2.07. The van der Waals surface area contributed by atoms with Gasteiger partial charge in [-0.15, -0.1) is 0 Å². The minimum atomic E-state index is -0.707. The van der Waals surface area contributed by atoms with Gasteiger partial charge in [0.15, 0.2) is 12.4 Å². The van der Waals surface area contributed by atoms with Crippen LogP contribution in [0.4, 0.5) is 5.69 Å². The Labute approximate surface area is 148 Å². The molecule has 0 atom stereocenters. The van der Waals surface area contributed by atoms with Gasteiger partial charge in [0.05, 0.1) is 5.56 Å². The van der Waals surface area contributed by atoms with Crippen LogP contribution in [0.25, 0.3) is 0 Å². The van der Waals surface area contributed by atoms with Crippen LogP contribution in [0.1, 0.15) is 27.6 Å². The van der Waals surface area contributed by atoms with Crippen LogP contribution in [-0.2, 0) is 9.53 Å². The molecule has 0 saturated carbocycles.